The zero-order chi connectivity index (χ0) is 12.0. The minimum Gasteiger partial charge on any atom is -0.387 e. The monoisotopic (exact) mass is 230 g/mol. The summed E-state index contributed by atoms with van der Waals surface area (Å²) in [5.74, 6) is 0. The maximum atomic E-state index is 10.3. The summed E-state index contributed by atoms with van der Waals surface area (Å²) >= 11 is 0. The van der Waals surface area contributed by atoms with E-state index in [4.69, 9.17) is 5.73 Å². The number of hydrogen-bond donors (Lipinski definition) is 2. The number of aliphatic hydroxyl groups is 1. The minimum atomic E-state index is -0.561. The molecule has 1 aliphatic rings. The van der Waals surface area contributed by atoms with Crippen LogP contribution in [0.25, 0.3) is 10.9 Å². The fourth-order valence-corrected chi connectivity index (χ4v) is 2.91. The number of fused-ring (bicyclic) bond motifs is 3. The van der Waals surface area contributed by atoms with Gasteiger partial charge in [-0.25, -0.2) is 0 Å². The van der Waals surface area contributed by atoms with Gasteiger partial charge in [0.1, 0.15) is 0 Å². The third kappa shape index (κ3) is 1.50. The number of hydrogen-bond acceptors (Lipinski definition) is 2. The molecule has 1 aliphatic heterocycles. The van der Waals surface area contributed by atoms with Crippen LogP contribution in [0.1, 0.15) is 30.7 Å². The molecule has 1 aromatic heterocycles. The van der Waals surface area contributed by atoms with Gasteiger partial charge in [-0.15, -0.1) is 0 Å². The van der Waals surface area contributed by atoms with Crippen molar-refractivity contribution in [2.45, 2.75) is 38.5 Å². The summed E-state index contributed by atoms with van der Waals surface area (Å²) in [5.41, 5.74) is 9.41. The largest absolute Gasteiger partial charge is 0.387 e. The van der Waals surface area contributed by atoms with Crippen LogP contribution in [0.5, 0.6) is 0 Å². The topological polar surface area (TPSA) is 51.2 Å². The standard InChI is InChI=1S/C14H18N2O/c1-9(15)14(17)13-10-5-2-3-6-11(10)16-8-4-7-12(13)16/h2-3,5-6,9,14,17H,4,7-8,15H2,1H3. The lowest BCUT2D eigenvalue weighted by Crippen LogP contribution is -2.25. The lowest BCUT2D eigenvalue weighted by Gasteiger charge is -2.15. The highest BCUT2D eigenvalue weighted by atomic mass is 16.3. The van der Waals surface area contributed by atoms with E-state index in [9.17, 15) is 5.11 Å². The fourth-order valence-electron chi connectivity index (χ4n) is 2.91. The van der Waals surface area contributed by atoms with Gasteiger partial charge >= 0.3 is 0 Å². The molecule has 2 atom stereocenters. The Morgan fingerprint density at radius 3 is 2.88 bits per heavy atom. The van der Waals surface area contributed by atoms with E-state index in [-0.39, 0.29) is 6.04 Å². The van der Waals surface area contributed by atoms with Crippen LogP contribution in [0.4, 0.5) is 0 Å². The molecule has 3 nitrogen and oxygen atoms in total. The molecule has 3 N–H and O–H groups in total. The van der Waals surface area contributed by atoms with Crippen molar-refractivity contribution >= 4 is 10.9 Å². The normalized spacial score (nSPS) is 18.3. The second kappa shape index (κ2) is 3.86. The van der Waals surface area contributed by atoms with E-state index in [2.05, 4.69) is 22.8 Å². The van der Waals surface area contributed by atoms with Crippen molar-refractivity contribution in [1.29, 1.82) is 0 Å². The van der Waals surface area contributed by atoms with E-state index in [1.54, 1.807) is 0 Å². The number of aliphatic hydroxyl groups excluding tert-OH is 1. The first kappa shape index (κ1) is 10.8. The molecule has 0 amide bonds. The molecule has 2 aromatic rings. The van der Waals surface area contributed by atoms with E-state index in [0.29, 0.717) is 0 Å². The van der Waals surface area contributed by atoms with Gasteiger partial charge in [-0.3, -0.25) is 0 Å². The fraction of sp³-hybridized carbons (Fsp3) is 0.429. The maximum absolute atomic E-state index is 10.3. The third-order valence-corrected chi connectivity index (χ3v) is 3.71. The Labute approximate surface area is 101 Å². The van der Waals surface area contributed by atoms with Crippen molar-refractivity contribution in [3.63, 3.8) is 0 Å². The van der Waals surface area contributed by atoms with Crippen LogP contribution in [-0.2, 0) is 13.0 Å². The first-order valence-corrected chi connectivity index (χ1v) is 6.24. The van der Waals surface area contributed by atoms with Crippen LogP contribution in [-0.4, -0.2) is 15.7 Å². The van der Waals surface area contributed by atoms with Gasteiger partial charge in [-0.05, 0) is 25.8 Å². The van der Waals surface area contributed by atoms with Crippen molar-refractivity contribution in [3.05, 3.63) is 35.5 Å². The van der Waals surface area contributed by atoms with Crippen LogP contribution in [0, 0.1) is 0 Å². The number of benzene rings is 1. The van der Waals surface area contributed by atoms with Crippen molar-refractivity contribution in [1.82, 2.24) is 4.57 Å². The van der Waals surface area contributed by atoms with Gasteiger partial charge in [-0.1, -0.05) is 18.2 Å². The van der Waals surface area contributed by atoms with Crippen molar-refractivity contribution < 1.29 is 5.11 Å². The van der Waals surface area contributed by atoms with Gasteiger partial charge in [-0.2, -0.15) is 0 Å². The Hall–Kier alpha value is -1.32. The van der Waals surface area contributed by atoms with Gasteiger partial charge < -0.3 is 15.4 Å². The van der Waals surface area contributed by atoms with Crippen LogP contribution in [0.3, 0.4) is 0 Å². The van der Waals surface area contributed by atoms with Crippen LogP contribution in [0.2, 0.25) is 0 Å². The van der Waals surface area contributed by atoms with E-state index in [1.807, 2.05) is 13.0 Å². The number of para-hydroxylation sites is 1. The Balaban J connectivity index is 2.29. The van der Waals surface area contributed by atoms with Gasteiger partial charge in [0.25, 0.3) is 0 Å². The van der Waals surface area contributed by atoms with Crippen LogP contribution < -0.4 is 5.73 Å². The molecule has 2 unspecified atom stereocenters. The minimum absolute atomic E-state index is 0.230. The number of aromatic nitrogens is 1. The first-order chi connectivity index (χ1) is 8.20. The Bertz CT molecular complexity index is 557. The molecule has 0 saturated carbocycles. The highest BCUT2D eigenvalue weighted by Crippen LogP contribution is 2.35. The number of rotatable bonds is 2. The molecule has 0 spiro atoms. The smallest absolute Gasteiger partial charge is 0.0961 e. The summed E-state index contributed by atoms with van der Waals surface area (Å²) in [6, 6.07) is 8.06. The second-order valence-electron chi connectivity index (χ2n) is 4.94. The predicted octanol–water partition coefficient (Wildman–Crippen LogP) is 1.97. The zero-order valence-electron chi connectivity index (χ0n) is 10.1. The lowest BCUT2D eigenvalue weighted by atomic mass is 9.99. The van der Waals surface area contributed by atoms with E-state index >= 15 is 0 Å². The Morgan fingerprint density at radius 1 is 1.35 bits per heavy atom. The molecule has 90 valence electrons. The predicted molar refractivity (Wildman–Crippen MR) is 68.9 cm³/mol. The molecule has 2 heterocycles. The molecule has 3 heteroatoms. The molecule has 0 fully saturated rings. The maximum Gasteiger partial charge on any atom is 0.0961 e. The highest BCUT2D eigenvalue weighted by molar-refractivity contribution is 5.86. The lowest BCUT2D eigenvalue weighted by molar-refractivity contribution is 0.154. The Morgan fingerprint density at radius 2 is 2.12 bits per heavy atom. The summed E-state index contributed by atoms with van der Waals surface area (Å²) < 4.78 is 2.33. The first-order valence-electron chi connectivity index (χ1n) is 6.24. The van der Waals surface area contributed by atoms with Crippen molar-refractivity contribution in [2.75, 3.05) is 0 Å². The summed E-state index contributed by atoms with van der Waals surface area (Å²) in [6.07, 6.45) is 1.65. The number of aryl methyl sites for hydroxylation is 1. The summed E-state index contributed by atoms with van der Waals surface area (Å²) in [6.45, 7) is 2.92. The second-order valence-corrected chi connectivity index (χ2v) is 4.94. The van der Waals surface area contributed by atoms with Crippen molar-refractivity contribution in [3.8, 4) is 0 Å². The molecule has 17 heavy (non-hydrogen) atoms. The van der Waals surface area contributed by atoms with Gasteiger partial charge in [0.15, 0.2) is 0 Å². The molecule has 3 rings (SSSR count). The van der Waals surface area contributed by atoms with Crippen LogP contribution in [0.15, 0.2) is 24.3 Å². The average molecular weight is 230 g/mol. The van der Waals surface area contributed by atoms with Gasteiger partial charge in [0, 0.05) is 34.7 Å². The van der Waals surface area contributed by atoms with Gasteiger partial charge in [0.2, 0.25) is 0 Å². The molecular formula is C14H18N2O. The summed E-state index contributed by atoms with van der Waals surface area (Å²) in [7, 11) is 0. The molecule has 1 aromatic carbocycles. The number of nitrogens with zero attached hydrogens (tertiary/aromatic N) is 1. The third-order valence-electron chi connectivity index (χ3n) is 3.71. The van der Waals surface area contributed by atoms with Crippen molar-refractivity contribution in [2.24, 2.45) is 5.73 Å². The Kier molecular flexibility index (Phi) is 2.45. The molecule has 0 aliphatic carbocycles. The number of nitrogens with two attached hydrogens (primary N) is 1. The molecule has 0 bridgehead atoms. The quantitative estimate of drug-likeness (QED) is 0.828. The van der Waals surface area contributed by atoms with Crippen LogP contribution >= 0.6 is 0 Å². The SMILES string of the molecule is CC(N)C(O)c1c2n(c3ccccc13)CCC2. The van der Waals surface area contributed by atoms with E-state index in [1.165, 1.54) is 17.6 Å². The molecule has 0 radical (unpaired) electrons. The van der Waals surface area contributed by atoms with E-state index < -0.39 is 6.10 Å². The summed E-state index contributed by atoms with van der Waals surface area (Å²) in [5, 5.41) is 11.5. The van der Waals surface area contributed by atoms with Gasteiger partial charge in [0.05, 0.1) is 6.10 Å². The van der Waals surface area contributed by atoms with E-state index in [0.717, 1.165) is 23.9 Å². The highest BCUT2D eigenvalue weighted by Gasteiger charge is 2.26. The molecule has 0 saturated heterocycles. The zero-order valence-corrected chi connectivity index (χ0v) is 10.1. The molecular weight excluding hydrogens is 212 g/mol. The average Bonchev–Trinajstić information content (AvgIpc) is 2.87. The summed E-state index contributed by atoms with van der Waals surface area (Å²) in [4.78, 5) is 0.